The zero-order valence-electron chi connectivity index (χ0n) is 56.8. The molecule has 0 aliphatic carbocycles. The van der Waals surface area contributed by atoms with Crippen LogP contribution < -0.4 is 0 Å². The van der Waals surface area contributed by atoms with E-state index in [1.807, 2.05) is 23.5 Å². The van der Waals surface area contributed by atoms with Crippen LogP contribution in [0.1, 0.15) is 45.2 Å². The third-order valence-corrected chi connectivity index (χ3v) is 24.9. The van der Waals surface area contributed by atoms with E-state index in [2.05, 4.69) is 376 Å². The van der Waals surface area contributed by atoms with E-state index in [0.29, 0.717) is 0 Å². The Balaban J connectivity index is 0.000000134. The Kier molecular flexibility index (Phi) is 14.4. The number of rotatable bonds is 6. The van der Waals surface area contributed by atoms with Crippen molar-refractivity contribution in [1.29, 1.82) is 0 Å². The summed E-state index contributed by atoms with van der Waals surface area (Å²) in [5.74, 6) is 0.109. The van der Waals surface area contributed by atoms with Gasteiger partial charge in [-0.2, -0.15) is 0 Å². The Labute approximate surface area is 612 Å². The highest BCUT2D eigenvalue weighted by Gasteiger charge is 2.37. The van der Waals surface area contributed by atoms with Crippen LogP contribution in [0.5, 0.6) is 0 Å². The summed E-state index contributed by atoms with van der Waals surface area (Å²) in [7, 11) is 0. The summed E-state index contributed by atoms with van der Waals surface area (Å²) < 4.78 is 0. The molecule has 484 valence electrons. The van der Waals surface area contributed by atoms with Crippen molar-refractivity contribution in [3.05, 3.63) is 409 Å². The second-order valence-corrected chi connectivity index (χ2v) is 29.8. The van der Waals surface area contributed by atoms with E-state index < -0.39 is 0 Å². The maximum atomic E-state index is 2.40. The minimum absolute atomic E-state index is 0.0525. The Morgan fingerprint density at radius 1 is 0.154 bits per heavy atom. The van der Waals surface area contributed by atoms with Gasteiger partial charge in [-0.15, -0.1) is 0 Å². The number of hydrogen-bond acceptors (Lipinski definition) is 2. The molecule has 2 heterocycles. The van der Waals surface area contributed by atoms with Crippen LogP contribution in [0.4, 0.5) is 0 Å². The predicted octanol–water partition coefficient (Wildman–Crippen LogP) is 28.9. The van der Waals surface area contributed by atoms with E-state index in [1.165, 1.54) is 205 Å². The first-order valence-corrected chi connectivity index (χ1v) is 37.7. The summed E-state index contributed by atoms with van der Waals surface area (Å²) in [5, 5.41) is 26.3. The lowest BCUT2D eigenvalue weighted by Gasteiger charge is -2.33. The van der Waals surface area contributed by atoms with Crippen LogP contribution in [0.15, 0.2) is 396 Å². The zero-order chi connectivity index (χ0) is 68.3. The summed E-state index contributed by atoms with van der Waals surface area (Å²) in [6.45, 7) is 0. The van der Waals surface area contributed by atoms with Gasteiger partial charge in [0.25, 0.3) is 0 Å². The van der Waals surface area contributed by atoms with Gasteiger partial charge in [0.2, 0.25) is 0 Å². The van der Waals surface area contributed by atoms with E-state index in [0.717, 1.165) is 0 Å². The molecule has 0 atom stereocenters. The summed E-state index contributed by atoms with van der Waals surface area (Å²) in [5.41, 5.74) is 18.3. The molecule has 20 aromatic rings. The lowest BCUT2D eigenvalue weighted by atomic mass is 9.78. The lowest BCUT2D eigenvalue weighted by Crippen LogP contribution is -2.13. The molecule has 0 bridgehead atoms. The highest BCUT2D eigenvalue weighted by atomic mass is 32.2. The highest BCUT2D eigenvalue weighted by Crippen LogP contribution is 2.60. The van der Waals surface area contributed by atoms with Crippen molar-refractivity contribution in [2.24, 2.45) is 0 Å². The molecule has 2 heteroatoms. The summed E-state index contributed by atoms with van der Waals surface area (Å²) in [4.78, 5) is 5.49. The van der Waals surface area contributed by atoms with Gasteiger partial charge < -0.3 is 0 Å². The predicted molar refractivity (Wildman–Crippen MR) is 446 cm³/mol. The average Bonchev–Trinajstić information content (AvgIpc) is 0.707. The smallest absolute Gasteiger partial charge is 0.0375 e. The molecule has 0 N–H and O–H groups in total. The molecule has 0 saturated heterocycles. The molecule has 22 rings (SSSR count). The zero-order valence-corrected chi connectivity index (χ0v) is 58.4. The van der Waals surface area contributed by atoms with E-state index >= 15 is 0 Å². The van der Waals surface area contributed by atoms with Crippen molar-refractivity contribution in [3.8, 4) is 44.5 Å². The van der Waals surface area contributed by atoms with Gasteiger partial charge in [0.1, 0.15) is 0 Å². The molecule has 0 nitrogen and oxygen atoms in total. The van der Waals surface area contributed by atoms with E-state index in [9.17, 15) is 0 Å². The molecular weight excluding hydrogens is 1290 g/mol. The van der Waals surface area contributed by atoms with Crippen LogP contribution in [0.25, 0.3) is 152 Å². The monoisotopic (exact) mass is 1350 g/mol. The quantitative estimate of drug-likeness (QED) is 0.152. The molecule has 0 unspecified atom stereocenters. The molecule has 0 radical (unpaired) electrons. The number of fused-ring (bicyclic) bond motifs is 26. The standard InChI is InChI=1S/2C51H32S/c1-2-14-32(15-3-1)36-26-12-16-34-17-13-27-37(46(34)36)33-28-30-35(31-29-33)47-48-42-22-8-4-18-38(42)40-20-6-10-24-44(40)50(48)52-51-45-25-11-7-21-41(45)39-19-5-9-23-43(39)49(47)51;1-2-14-32(15-3-1)35-24-12-27-38-36(25-13-26-37(35)38)33-28-30-34(31-29-33)47-48-43-20-8-4-16-39(43)41-18-6-10-22-45(41)50(48)52-51-46-23-11-7-19-42(46)40-17-5-9-21-44(40)49(47)51/h2*1-31,47H. The fourth-order valence-corrected chi connectivity index (χ4v) is 20.8. The molecule has 0 spiro atoms. The molecule has 0 amide bonds. The van der Waals surface area contributed by atoms with Crippen LogP contribution >= 0.6 is 23.5 Å². The Hall–Kier alpha value is -12.3. The topological polar surface area (TPSA) is 0 Å². The van der Waals surface area contributed by atoms with Crippen molar-refractivity contribution in [3.63, 3.8) is 0 Å². The molecule has 2 aliphatic heterocycles. The largest absolute Gasteiger partial charge is 0.0881 e. The Morgan fingerprint density at radius 3 is 0.692 bits per heavy atom. The SMILES string of the molecule is c1ccc(-c2cccc3c(-c4ccc(C5c6c(c7ccccc7c7ccccc67)Sc6c5c5ccccc5c5ccccc65)cc4)cccc23)cc1.c1ccc(-c2cccc3cccc(-c4ccc(C5c6c(c7ccccc7c7ccccc67)Sc6c5c5ccccc5c5ccccc65)cc4)c23)cc1. The second kappa shape index (κ2) is 24.8. The molecule has 0 aromatic heterocycles. The van der Waals surface area contributed by atoms with Gasteiger partial charge in [0, 0.05) is 31.4 Å². The van der Waals surface area contributed by atoms with Gasteiger partial charge >= 0.3 is 0 Å². The normalized spacial score (nSPS) is 12.8. The molecule has 0 fully saturated rings. The van der Waals surface area contributed by atoms with Gasteiger partial charge in [-0.3, -0.25) is 0 Å². The maximum Gasteiger partial charge on any atom is 0.0375 e. The molecule has 2 aliphatic rings. The van der Waals surface area contributed by atoms with Crippen LogP contribution in [-0.4, -0.2) is 0 Å². The third kappa shape index (κ3) is 9.56. The first-order valence-electron chi connectivity index (χ1n) is 36.1. The minimum atomic E-state index is 0.0525. The molecule has 0 saturated carbocycles. The molecule has 104 heavy (non-hydrogen) atoms. The number of benzene rings is 20. The first-order chi connectivity index (χ1) is 51.7. The van der Waals surface area contributed by atoms with Gasteiger partial charge in [-0.05, 0) is 186 Å². The first kappa shape index (κ1) is 60.5. The molecular formula is C102H64S2. The van der Waals surface area contributed by atoms with Crippen molar-refractivity contribution < 1.29 is 0 Å². The van der Waals surface area contributed by atoms with Gasteiger partial charge in [0.05, 0.1) is 0 Å². The Morgan fingerprint density at radius 2 is 0.375 bits per heavy atom. The van der Waals surface area contributed by atoms with Gasteiger partial charge in [-0.1, -0.05) is 400 Å². The van der Waals surface area contributed by atoms with Crippen LogP contribution in [0.2, 0.25) is 0 Å². The van der Waals surface area contributed by atoms with E-state index in [4.69, 9.17) is 0 Å². The minimum Gasteiger partial charge on any atom is -0.0881 e. The second-order valence-electron chi connectivity index (χ2n) is 27.8. The van der Waals surface area contributed by atoms with Crippen LogP contribution in [0, 0.1) is 0 Å². The van der Waals surface area contributed by atoms with Crippen LogP contribution in [-0.2, 0) is 0 Å². The summed E-state index contributed by atoms with van der Waals surface area (Å²) in [6.07, 6.45) is 0. The van der Waals surface area contributed by atoms with Crippen molar-refractivity contribution >= 4 is 131 Å². The Bertz CT molecular complexity index is 6640. The van der Waals surface area contributed by atoms with E-state index in [-0.39, 0.29) is 11.8 Å². The van der Waals surface area contributed by atoms with E-state index in [1.54, 1.807) is 0 Å². The average molecular weight is 1350 g/mol. The van der Waals surface area contributed by atoms with Crippen molar-refractivity contribution in [2.75, 3.05) is 0 Å². The van der Waals surface area contributed by atoms with Gasteiger partial charge in [-0.25, -0.2) is 0 Å². The number of hydrogen-bond donors (Lipinski definition) is 0. The summed E-state index contributed by atoms with van der Waals surface area (Å²) in [6, 6.07) is 140. The lowest BCUT2D eigenvalue weighted by molar-refractivity contribution is 0.938. The fourth-order valence-electron chi connectivity index (χ4n) is 17.9. The summed E-state index contributed by atoms with van der Waals surface area (Å²) >= 11 is 3.94. The molecule has 20 aromatic carbocycles. The van der Waals surface area contributed by atoms with Crippen LogP contribution in [0.3, 0.4) is 0 Å². The highest BCUT2D eigenvalue weighted by molar-refractivity contribution is 8.00. The van der Waals surface area contributed by atoms with Gasteiger partial charge in [0.15, 0.2) is 0 Å². The fraction of sp³-hybridized carbons (Fsp3) is 0.0196. The van der Waals surface area contributed by atoms with Crippen molar-refractivity contribution in [2.45, 2.75) is 31.4 Å². The maximum absolute atomic E-state index is 2.40. The van der Waals surface area contributed by atoms with Crippen molar-refractivity contribution in [1.82, 2.24) is 0 Å². The third-order valence-electron chi connectivity index (χ3n) is 22.4.